The maximum absolute atomic E-state index is 8.25. The van der Waals surface area contributed by atoms with Gasteiger partial charge >= 0.3 is 17.1 Å². The molecule has 0 atom stereocenters. The van der Waals surface area contributed by atoms with Crippen molar-refractivity contribution in [1.29, 1.82) is 0 Å². The first kappa shape index (κ1) is 28.5. The summed E-state index contributed by atoms with van der Waals surface area (Å²) in [7, 11) is 0. The number of nitrogens with zero attached hydrogens (tertiary/aromatic N) is 5. The molecule has 2 aromatic carbocycles. The molecule has 6 rings (SSSR count). The van der Waals surface area contributed by atoms with Crippen LogP contribution in [0.15, 0.2) is 109 Å². The second kappa shape index (κ2) is 13.4. The van der Waals surface area contributed by atoms with Gasteiger partial charge in [-0.25, -0.2) is 9.97 Å². The fourth-order valence-electron chi connectivity index (χ4n) is 3.74. The number of hydrogen-bond acceptors (Lipinski definition) is 9. The number of anilines is 2. The summed E-state index contributed by atoms with van der Waals surface area (Å²) in [4.78, 5) is 25.6. The van der Waals surface area contributed by atoms with Gasteiger partial charge in [0.1, 0.15) is 11.6 Å². The van der Waals surface area contributed by atoms with E-state index in [1.165, 1.54) is 0 Å². The Morgan fingerprint density at radius 2 is 0.923 bits per heavy atom. The van der Waals surface area contributed by atoms with E-state index >= 15 is 0 Å². The summed E-state index contributed by atoms with van der Waals surface area (Å²) in [5.74, 6) is 1.09. The third-order valence-electron chi connectivity index (χ3n) is 5.39. The van der Waals surface area contributed by atoms with Gasteiger partial charge in [0.25, 0.3) is 0 Å². The number of aromatic nitrogens is 4. The van der Waals surface area contributed by atoms with Crippen molar-refractivity contribution in [2.45, 2.75) is 0 Å². The largest absolute Gasteiger partial charge is 1.00 e. The van der Waals surface area contributed by atoms with E-state index < -0.39 is 5.09 Å². The third kappa shape index (κ3) is 7.45. The summed E-state index contributed by atoms with van der Waals surface area (Å²) in [6.45, 7) is 0. The van der Waals surface area contributed by atoms with Crippen molar-refractivity contribution in [2.75, 3.05) is 11.5 Å². The van der Waals surface area contributed by atoms with Crippen LogP contribution in [0.4, 0.5) is 11.6 Å². The fourth-order valence-corrected chi connectivity index (χ4v) is 3.74. The fraction of sp³-hybridized carbons (Fsp3) is 0. The minimum Gasteiger partial charge on any atom is -0.383 e. The van der Waals surface area contributed by atoms with Crippen LogP contribution in [0, 0.1) is 15.3 Å². The maximum atomic E-state index is 8.25. The van der Waals surface area contributed by atoms with Crippen LogP contribution in [0.1, 0.15) is 0 Å². The van der Waals surface area contributed by atoms with E-state index in [4.69, 9.17) is 26.8 Å². The van der Waals surface area contributed by atoms with Crippen LogP contribution in [-0.2, 0) is 17.1 Å². The molecule has 0 amide bonds. The van der Waals surface area contributed by atoms with Crippen LogP contribution < -0.4 is 11.5 Å². The van der Waals surface area contributed by atoms with E-state index in [-0.39, 0.29) is 17.1 Å². The Labute approximate surface area is 234 Å². The zero-order valence-corrected chi connectivity index (χ0v) is 21.3. The molecule has 0 saturated heterocycles. The van der Waals surface area contributed by atoms with Crippen molar-refractivity contribution >= 4 is 33.2 Å². The van der Waals surface area contributed by atoms with E-state index in [9.17, 15) is 0 Å². The van der Waals surface area contributed by atoms with Crippen molar-refractivity contribution in [2.24, 2.45) is 0 Å². The minimum absolute atomic E-state index is 0. The molecule has 0 aliphatic rings. The molecule has 0 aliphatic carbocycles. The molecule has 0 unspecified atom stereocenters. The van der Waals surface area contributed by atoms with Gasteiger partial charge in [-0.3, -0.25) is 9.97 Å². The van der Waals surface area contributed by atoms with Gasteiger partial charge in [-0.15, -0.1) is 0 Å². The molecule has 11 heteroatoms. The number of pyridine rings is 4. The van der Waals surface area contributed by atoms with E-state index in [1.54, 1.807) is 12.4 Å². The Hall–Kier alpha value is -5.12. The number of nitrogen functional groups attached to an aromatic ring is 2. The molecule has 0 saturated carbocycles. The molecular weight excluding hydrogens is 546 g/mol. The van der Waals surface area contributed by atoms with Gasteiger partial charge in [0.2, 0.25) is 0 Å². The Kier molecular flexibility index (Phi) is 9.80. The van der Waals surface area contributed by atoms with Crippen molar-refractivity contribution in [3.63, 3.8) is 0 Å². The number of hydrogen-bond donors (Lipinski definition) is 2. The summed E-state index contributed by atoms with van der Waals surface area (Å²) in [6, 6.07) is 31.4. The molecule has 39 heavy (non-hydrogen) atoms. The van der Waals surface area contributed by atoms with Crippen molar-refractivity contribution in [3.8, 4) is 22.8 Å². The number of benzene rings is 2. The first-order chi connectivity index (χ1) is 18.4. The van der Waals surface area contributed by atoms with Crippen molar-refractivity contribution in [3.05, 3.63) is 125 Å². The minimum atomic E-state index is -1.75. The molecule has 4 heterocycles. The molecule has 0 aliphatic heterocycles. The predicted octanol–water partition coefficient (Wildman–Crippen LogP) is 5.52. The van der Waals surface area contributed by atoms with Crippen LogP contribution in [0.5, 0.6) is 0 Å². The normalized spacial score (nSPS) is 9.85. The standard InChI is InChI=1S/2C14H11N3.Cu.NO3/c2*15-14-11-6-2-1-5-10(11)9-13(17-14)12-7-3-4-8-16-12;;2-1(3)4/h2*1-9H,(H2,15,17);;/q;;+1;-1. The molecule has 4 aromatic heterocycles. The van der Waals surface area contributed by atoms with Crippen LogP contribution in [-0.4, -0.2) is 25.0 Å². The summed E-state index contributed by atoms with van der Waals surface area (Å²) in [5, 5.41) is 18.9. The van der Waals surface area contributed by atoms with Gasteiger partial charge in [0.05, 0.1) is 27.9 Å². The van der Waals surface area contributed by atoms with E-state index in [0.29, 0.717) is 11.6 Å². The Bertz CT molecular complexity index is 1560. The van der Waals surface area contributed by atoms with Crippen molar-refractivity contribution < 1.29 is 22.2 Å². The number of rotatable bonds is 2. The molecule has 198 valence electrons. The molecule has 4 N–H and O–H groups in total. The molecule has 0 fully saturated rings. The number of nitrogens with two attached hydrogens (primary N) is 2. The van der Waals surface area contributed by atoms with Crippen LogP contribution in [0.3, 0.4) is 0 Å². The quantitative estimate of drug-likeness (QED) is 0.155. The summed E-state index contributed by atoms with van der Waals surface area (Å²) >= 11 is 0. The topological polar surface area (TPSA) is 170 Å². The second-order valence-electron chi connectivity index (χ2n) is 7.88. The van der Waals surface area contributed by atoms with Gasteiger partial charge in [0, 0.05) is 23.2 Å². The SMILES string of the molecule is Nc1nc(-c2ccccn2)cc2ccccc12.Nc1nc(-c2ccccn2)cc2ccccc12.O=[N+]([O-])[O-].[Cu+]. The van der Waals surface area contributed by atoms with Gasteiger partial charge in [-0.2, -0.15) is 0 Å². The Morgan fingerprint density at radius 3 is 1.28 bits per heavy atom. The molecule has 0 bridgehead atoms. The van der Waals surface area contributed by atoms with Gasteiger partial charge in [-0.05, 0) is 47.2 Å². The van der Waals surface area contributed by atoms with Gasteiger partial charge in [0.15, 0.2) is 0 Å². The first-order valence-electron chi connectivity index (χ1n) is 11.4. The number of fused-ring (bicyclic) bond motifs is 2. The van der Waals surface area contributed by atoms with Crippen LogP contribution in [0.25, 0.3) is 44.3 Å². The second-order valence-corrected chi connectivity index (χ2v) is 7.88. The van der Waals surface area contributed by atoms with Crippen molar-refractivity contribution in [1.82, 2.24) is 19.9 Å². The zero-order valence-electron chi connectivity index (χ0n) is 20.3. The average molecular weight is 568 g/mol. The zero-order chi connectivity index (χ0) is 26.9. The van der Waals surface area contributed by atoms with Gasteiger partial charge in [-0.1, -0.05) is 60.7 Å². The molecule has 6 aromatic rings. The molecule has 0 radical (unpaired) electrons. The van der Waals surface area contributed by atoms with Gasteiger partial charge < -0.3 is 26.8 Å². The van der Waals surface area contributed by atoms with E-state index in [2.05, 4.69) is 19.9 Å². The van der Waals surface area contributed by atoms with E-state index in [1.807, 2.05) is 97.1 Å². The van der Waals surface area contributed by atoms with E-state index in [0.717, 1.165) is 44.3 Å². The Morgan fingerprint density at radius 1 is 0.564 bits per heavy atom. The predicted molar refractivity (Wildman–Crippen MR) is 149 cm³/mol. The first-order valence-corrected chi connectivity index (χ1v) is 11.4. The Balaban J connectivity index is 0.000000186. The summed E-state index contributed by atoms with van der Waals surface area (Å²) in [6.07, 6.45) is 3.50. The molecule has 10 nitrogen and oxygen atoms in total. The van der Waals surface area contributed by atoms with Crippen LogP contribution >= 0.6 is 0 Å². The monoisotopic (exact) mass is 567 g/mol. The third-order valence-corrected chi connectivity index (χ3v) is 5.39. The molecule has 0 spiro atoms. The van der Waals surface area contributed by atoms with Crippen LogP contribution in [0.2, 0.25) is 0 Å². The summed E-state index contributed by atoms with van der Waals surface area (Å²) in [5.41, 5.74) is 15.2. The average Bonchev–Trinajstić information content (AvgIpc) is 2.94. The maximum Gasteiger partial charge on any atom is 1.00 e. The summed E-state index contributed by atoms with van der Waals surface area (Å²) < 4.78 is 0. The molecular formula is C28H22CuN7O3. The smallest absolute Gasteiger partial charge is 0.383 e.